The van der Waals surface area contributed by atoms with Crippen LogP contribution in [0.2, 0.25) is 0 Å². The van der Waals surface area contributed by atoms with Gasteiger partial charge in [-0.1, -0.05) is 32.1 Å². The van der Waals surface area contributed by atoms with Crippen molar-refractivity contribution < 1.29 is 17.1 Å². The van der Waals surface area contributed by atoms with Crippen molar-refractivity contribution >= 4 is 17.5 Å². The lowest BCUT2D eigenvalue weighted by Crippen LogP contribution is -2.09. The summed E-state index contributed by atoms with van der Waals surface area (Å²) in [4.78, 5) is 0. The normalized spacial score (nSPS) is 12.1. The molecule has 0 aliphatic carbocycles. The smallest absolute Gasteiger partial charge is 0.135 e. The second-order valence-electron chi connectivity index (χ2n) is 5.95. The zero-order valence-corrected chi connectivity index (χ0v) is 16.7. The Morgan fingerprint density at radius 2 is 2.07 bits per heavy atom. The summed E-state index contributed by atoms with van der Waals surface area (Å²) >= 11 is 0. The fourth-order valence-electron chi connectivity index (χ4n) is 3.01. The molecule has 3 rings (SSSR count). The predicted molar refractivity (Wildman–Crippen MR) is 118 cm³/mol. The summed E-state index contributed by atoms with van der Waals surface area (Å²) in [5, 5.41) is 8.45. The van der Waals surface area contributed by atoms with Crippen molar-refractivity contribution in [1.82, 2.24) is 0 Å². The van der Waals surface area contributed by atoms with Gasteiger partial charge in [0.1, 0.15) is 11.5 Å². The number of ether oxygens (including phenoxy) is 3. The highest BCUT2D eigenvalue weighted by molar-refractivity contribution is 6.13. The maximum Gasteiger partial charge on any atom is 0.135 e. The Kier molecular flexibility index (Phi) is 8.04. The van der Waals surface area contributed by atoms with Crippen LogP contribution in [-0.4, -0.2) is 26.2 Å². The van der Waals surface area contributed by atoms with Gasteiger partial charge < -0.3 is 31.1 Å². The molecule has 0 unspecified atom stereocenters. The molecule has 0 saturated carbocycles. The predicted octanol–water partition coefficient (Wildman–Crippen LogP) is 4.24. The van der Waals surface area contributed by atoms with Gasteiger partial charge in [-0.05, 0) is 35.4 Å². The Morgan fingerprint density at radius 1 is 1.29 bits per heavy atom. The highest BCUT2D eigenvalue weighted by Gasteiger charge is 2.16. The molecule has 1 aliphatic heterocycles. The van der Waals surface area contributed by atoms with Crippen molar-refractivity contribution in [1.29, 1.82) is 5.41 Å². The summed E-state index contributed by atoms with van der Waals surface area (Å²) in [7, 11) is 1.56. The van der Waals surface area contributed by atoms with Gasteiger partial charge in [-0.15, -0.1) is 0 Å². The number of hydrogen-bond donors (Lipinski definition) is 3. The second-order valence-corrected chi connectivity index (χ2v) is 5.95. The van der Waals surface area contributed by atoms with E-state index in [1.165, 1.54) is 5.56 Å². The van der Waals surface area contributed by atoms with Crippen molar-refractivity contribution in [3.8, 4) is 11.5 Å². The Bertz CT molecular complexity index is 858. The van der Waals surface area contributed by atoms with Gasteiger partial charge in [-0.3, -0.25) is 0 Å². The minimum atomic E-state index is 0. The molecule has 0 atom stereocenters. The zero-order chi connectivity index (χ0) is 20.5. The van der Waals surface area contributed by atoms with Crippen LogP contribution in [0.5, 0.6) is 11.5 Å². The van der Waals surface area contributed by atoms with Crippen LogP contribution in [0.15, 0.2) is 36.4 Å². The van der Waals surface area contributed by atoms with Crippen LogP contribution in [0.3, 0.4) is 0 Å². The van der Waals surface area contributed by atoms with E-state index in [-0.39, 0.29) is 15.3 Å². The van der Waals surface area contributed by atoms with E-state index in [9.17, 15) is 0 Å². The van der Waals surface area contributed by atoms with Gasteiger partial charge in [0.25, 0.3) is 0 Å². The maximum absolute atomic E-state index is 8.45. The van der Waals surface area contributed by atoms with Crippen LogP contribution in [0.25, 0.3) is 6.08 Å². The molecule has 6 nitrogen and oxygen atoms in total. The molecule has 154 valence electrons. The minimum Gasteiger partial charge on any atom is -0.496 e. The van der Waals surface area contributed by atoms with Crippen LogP contribution in [0, 0.1) is 5.41 Å². The first-order valence-electron chi connectivity index (χ1n) is 9.40. The molecule has 2 aromatic carbocycles. The van der Waals surface area contributed by atoms with Gasteiger partial charge in [0.15, 0.2) is 0 Å². The Morgan fingerprint density at radius 3 is 2.79 bits per heavy atom. The molecule has 0 bridgehead atoms. The fourth-order valence-corrected chi connectivity index (χ4v) is 3.01. The third kappa shape index (κ3) is 4.91. The quantitative estimate of drug-likeness (QED) is 0.374. The van der Waals surface area contributed by atoms with Crippen LogP contribution >= 0.6 is 0 Å². The summed E-state index contributed by atoms with van der Waals surface area (Å²) in [6.07, 6.45) is 4.53. The lowest BCUT2D eigenvalue weighted by molar-refractivity contribution is 0.125. The van der Waals surface area contributed by atoms with E-state index in [0.29, 0.717) is 23.6 Å². The van der Waals surface area contributed by atoms with E-state index in [0.717, 1.165) is 29.9 Å². The number of benzene rings is 2. The standard InChI is InChI=1S/C20H23N3O3.C2H6.2H2/c1-24-20-15(11-25-12-21)4-6-17(23)19(20)16(22)5-2-13-3-7-18-14(10-13)8-9-26-18;1-2;;/h2-7,10,22H,8-9,11-12,21,23H2,1H3;1-2H3;2*1H/b5-2+,22-16?;;;. The second kappa shape index (κ2) is 10.5. The molecular weight excluding hydrogens is 354 g/mol. The van der Waals surface area contributed by atoms with Crippen molar-refractivity contribution in [3.05, 3.63) is 58.7 Å². The summed E-state index contributed by atoms with van der Waals surface area (Å²) in [5.74, 6) is 1.48. The van der Waals surface area contributed by atoms with E-state index in [4.69, 9.17) is 31.1 Å². The van der Waals surface area contributed by atoms with E-state index in [1.54, 1.807) is 19.3 Å². The molecule has 0 radical (unpaired) electrons. The molecule has 0 aromatic heterocycles. The minimum absolute atomic E-state index is 0. The number of anilines is 1. The Hall–Kier alpha value is -2.83. The van der Waals surface area contributed by atoms with Crippen molar-refractivity contribution in [2.75, 3.05) is 26.2 Å². The van der Waals surface area contributed by atoms with Crippen LogP contribution in [-0.2, 0) is 17.8 Å². The van der Waals surface area contributed by atoms with E-state index in [1.807, 2.05) is 38.1 Å². The summed E-state index contributed by atoms with van der Waals surface area (Å²) in [6.45, 7) is 5.14. The molecule has 1 aliphatic rings. The molecule has 5 N–H and O–H groups in total. The topological polar surface area (TPSA) is 104 Å². The van der Waals surface area contributed by atoms with E-state index in [2.05, 4.69) is 6.07 Å². The van der Waals surface area contributed by atoms with Crippen molar-refractivity contribution in [2.45, 2.75) is 26.9 Å². The first kappa shape index (κ1) is 21.5. The zero-order valence-electron chi connectivity index (χ0n) is 16.7. The SMILES string of the molecule is CC.COc1c(COCN)ccc(N)c1C(=N)/C=C/c1ccc2c(c1)CCO2.[HH].[HH]. The Labute approximate surface area is 169 Å². The number of allylic oxidation sites excluding steroid dienone is 1. The maximum atomic E-state index is 8.45. The van der Waals surface area contributed by atoms with Gasteiger partial charge in [0.2, 0.25) is 0 Å². The van der Waals surface area contributed by atoms with E-state index < -0.39 is 0 Å². The van der Waals surface area contributed by atoms with Crippen LogP contribution < -0.4 is 20.9 Å². The third-order valence-electron chi connectivity index (χ3n) is 4.28. The molecule has 1 heterocycles. The largest absolute Gasteiger partial charge is 0.496 e. The lowest BCUT2D eigenvalue weighted by atomic mass is 10.0. The van der Waals surface area contributed by atoms with Crippen LogP contribution in [0.4, 0.5) is 5.69 Å². The summed E-state index contributed by atoms with van der Waals surface area (Å²) in [5.41, 5.74) is 15.8. The number of methoxy groups -OCH3 is 1. The number of hydrogen-bond acceptors (Lipinski definition) is 6. The Balaban J connectivity index is 0.00000204. The number of nitrogens with two attached hydrogens (primary N) is 2. The highest BCUT2D eigenvalue weighted by Crippen LogP contribution is 2.31. The van der Waals surface area contributed by atoms with Crippen molar-refractivity contribution in [2.24, 2.45) is 5.73 Å². The van der Waals surface area contributed by atoms with Crippen molar-refractivity contribution in [3.63, 3.8) is 0 Å². The average Bonchev–Trinajstić information content (AvgIpc) is 3.20. The monoisotopic (exact) mass is 387 g/mol. The van der Waals surface area contributed by atoms with Gasteiger partial charge >= 0.3 is 0 Å². The lowest BCUT2D eigenvalue weighted by Gasteiger charge is -2.15. The van der Waals surface area contributed by atoms with Gasteiger partial charge in [0.05, 0.1) is 38.3 Å². The molecule has 2 aromatic rings. The molecule has 6 heteroatoms. The number of nitrogen functional groups attached to an aromatic ring is 1. The highest BCUT2D eigenvalue weighted by atomic mass is 16.5. The number of nitrogens with one attached hydrogen (secondary N) is 1. The molecule has 28 heavy (non-hydrogen) atoms. The molecular formula is C22H33N3O3. The first-order chi connectivity index (χ1) is 13.6. The van der Waals surface area contributed by atoms with E-state index >= 15 is 0 Å². The van der Waals surface area contributed by atoms with Gasteiger partial charge in [-0.25, -0.2) is 0 Å². The van der Waals surface area contributed by atoms with Gasteiger partial charge in [-0.2, -0.15) is 0 Å². The molecule has 0 spiro atoms. The molecule has 0 saturated heterocycles. The number of rotatable bonds is 7. The van der Waals surface area contributed by atoms with Crippen LogP contribution in [0.1, 0.15) is 39.0 Å². The summed E-state index contributed by atoms with van der Waals surface area (Å²) in [6, 6.07) is 9.59. The molecule has 0 fully saturated rings. The third-order valence-corrected chi connectivity index (χ3v) is 4.28. The first-order valence-corrected chi connectivity index (χ1v) is 9.40. The number of fused-ring (bicyclic) bond motifs is 1. The summed E-state index contributed by atoms with van der Waals surface area (Å²) < 4.78 is 16.3. The average molecular weight is 388 g/mol. The fraction of sp³-hybridized carbons (Fsp3) is 0.318. The van der Waals surface area contributed by atoms with Gasteiger partial charge in [0, 0.05) is 20.5 Å². The molecule has 0 amide bonds.